The lowest BCUT2D eigenvalue weighted by Gasteiger charge is -2.47. The molecule has 14 nitrogen and oxygen atoms in total. The number of carbonyl (C=O) groups is 8. The van der Waals surface area contributed by atoms with Crippen molar-refractivity contribution in [2.75, 3.05) is 32.1 Å². The molecule has 0 saturated heterocycles. The molecule has 4 aromatic rings. The average Bonchev–Trinajstić information content (AvgIpc) is 3.27. The van der Waals surface area contributed by atoms with Crippen LogP contribution in [0.3, 0.4) is 0 Å². The lowest BCUT2D eigenvalue weighted by molar-refractivity contribution is -0.119. The van der Waals surface area contributed by atoms with E-state index in [1.165, 1.54) is 63.4 Å². The van der Waals surface area contributed by atoms with Crippen LogP contribution >= 0.6 is 0 Å². The summed E-state index contributed by atoms with van der Waals surface area (Å²) in [6.07, 6.45) is 2.16. The second-order valence-electron chi connectivity index (χ2n) is 18.0. The van der Waals surface area contributed by atoms with E-state index in [9.17, 15) is 38.4 Å². The van der Waals surface area contributed by atoms with Gasteiger partial charge in [0.15, 0.2) is 24.8 Å². The Morgan fingerprint density at radius 3 is 1.70 bits per heavy atom. The van der Waals surface area contributed by atoms with Crippen molar-refractivity contribution in [2.24, 2.45) is 10.8 Å². The fourth-order valence-corrected chi connectivity index (χ4v) is 8.24. The van der Waals surface area contributed by atoms with Crippen LogP contribution < -0.4 is 21.3 Å². The second kappa shape index (κ2) is 21.0. The minimum absolute atomic E-state index is 0.0861. The standard InChI is InChI=1S/C52H56N4O10/c1-30(2)43(57)26-65-49(63)39-18-16-33(22-41(39)47(61)53-9)34-17-19-40(50(64)66-27-44(58)31(3)4)42(23-34)48(62)55-37-15-11-14-36(21-37)46(60)56-38-24-51(6,7)28-52(8,25-38)29-54-45(59)35-13-10-12-32(5)20-35/h10-23,38H,1,3,24-29H2,2,4-9H3,(H,53,61)(H,54,59)(H,55,62)(H,56,60). The summed E-state index contributed by atoms with van der Waals surface area (Å²) < 4.78 is 10.4. The van der Waals surface area contributed by atoms with Gasteiger partial charge in [0.2, 0.25) is 0 Å². The van der Waals surface area contributed by atoms with Crippen LogP contribution in [0, 0.1) is 17.8 Å². The highest BCUT2D eigenvalue weighted by Gasteiger charge is 2.42. The monoisotopic (exact) mass is 896 g/mol. The van der Waals surface area contributed by atoms with Gasteiger partial charge in [-0.3, -0.25) is 28.8 Å². The topological polar surface area (TPSA) is 203 Å². The molecule has 4 N–H and O–H groups in total. The number of ketones is 2. The first-order chi connectivity index (χ1) is 31.1. The van der Waals surface area contributed by atoms with Crippen LogP contribution in [0.5, 0.6) is 0 Å². The predicted molar refractivity (Wildman–Crippen MR) is 250 cm³/mol. The number of nitrogens with one attached hydrogen (secondary N) is 4. The Labute approximate surface area is 384 Å². The summed E-state index contributed by atoms with van der Waals surface area (Å²) in [6, 6.07) is 22.0. The Morgan fingerprint density at radius 2 is 1.17 bits per heavy atom. The third-order valence-electron chi connectivity index (χ3n) is 11.3. The maximum atomic E-state index is 14.2. The fraction of sp³-hybridized carbons (Fsp3) is 0.308. The molecule has 5 rings (SSSR count). The Kier molecular flexibility index (Phi) is 15.8. The lowest BCUT2D eigenvalue weighted by Crippen LogP contribution is -2.50. The zero-order valence-corrected chi connectivity index (χ0v) is 38.4. The quantitative estimate of drug-likeness (QED) is 0.0603. The molecule has 4 amide bonds. The van der Waals surface area contributed by atoms with Crippen LogP contribution in [0.25, 0.3) is 11.1 Å². The van der Waals surface area contributed by atoms with Gasteiger partial charge in [-0.1, -0.05) is 69.8 Å². The first-order valence-corrected chi connectivity index (χ1v) is 21.4. The number of aryl methyl sites for hydroxylation is 1. The van der Waals surface area contributed by atoms with Crippen molar-refractivity contribution in [3.63, 3.8) is 0 Å². The highest BCUT2D eigenvalue weighted by molar-refractivity contribution is 6.13. The van der Waals surface area contributed by atoms with E-state index < -0.39 is 48.5 Å². The van der Waals surface area contributed by atoms with Crippen LogP contribution in [0.1, 0.15) is 122 Å². The molecule has 4 aromatic carbocycles. The van der Waals surface area contributed by atoms with E-state index in [4.69, 9.17) is 9.47 Å². The number of ether oxygens (including phenoxy) is 2. The third-order valence-corrected chi connectivity index (χ3v) is 11.3. The molecule has 66 heavy (non-hydrogen) atoms. The molecule has 1 aliphatic rings. The van der Waals surface area contributed by atoms with Gasteiger partial charge in [-0.15, -0.1) is 0 Å². The summed E-state index contributed by atoms with van der Waals surface area (Å²) in [5, 5.41) is 11.5. The second-order valence-corrected chi connectivity index (χ2v) is 18.0. The number of benzene rings is 4. The van der Waals surface area contributed by atoms with Crippen LogP contribution in [-0.2, 0) is 19.1 Å². The number of rotatable bonds is 17. The Morgan fingerprint density at radius 1 is 0.636 bits per heavy atom. The zero-order chi connectivity index (χ0) is 48.5. The minimum atomic E-state index is -0.972. The molecule has 0 bridgehead atoms. The van der Waals surface area contributed by atoms with Crippen LogP contribution in [0.2, 0.25) is 0 Å². The van der Waals surface area contributed by atoms with E-state index in [0.717, 1.165) is 12.0 Å². The van der Waals surface area contributed by atoms with Crippen molar-refractivity contribution < 1.29 is 47.8 Å². The molecule has 0 aliphatic heterocycles. The molecule has 2 unspecified atom stereocenters. The van der Waals surface area contributed by atoms with Gasteiger partial charge in [0.05, 0.1) is 22.3 Å². The van der Waals surface area contributed by atoms with Gasteiger partial charge >= 0.3 is 11.9 Å². The Balaban J connectivity index is 1.39. The summed E-state index contributed by atoms with van der Waals surface area (Å²) in [7, 11) is 1.37. The number of amides is 4. The number of Topliss-reactive ketones (excluding diaryl/α,β-unsaturated/α-hetero) is 2. The normalized spacial score (nSPS) is 16.1. The maximum absolute atomic E-state index is 14.2. The predicted octanol–water partition coefficient (Wildman–Crippen LogP) is 7.62. The van der Waals surface area contributed by atoms with E-state index in [-0.39, 0.29) is 73.3 Å². The summed E-state index contributed by atoms with van der Waals surface area (Å²) in [4.78, 5) is 105. The molecule has 344 valence electrons. The fourth-order valence-electron chi connectivity index (χ4n) is 8.24. The van der Waals surface area contributed by atoms with Crippen molar-refractivity contribution >= 4 is 52.8 Å². The number of anilines is 1. The number of hydrogen-bond donors (Lipinski definition) is 4. The third kappa shape index (κ3) is 12.8. The van der Waals surface area contributed by atoms with Crippen molar-refractivity contribution in [3.8, 4) is 11.1 Å². The van der Waals surface area contributed by atoms with Gasteiger partial charge in [0.1, 0.15) is 0 Å². The molecule has 1 saturated carbocycles. The number of hydrogen-bond acceptors (Lipinski definition) is 10. The highest BCUT2D eigenvalue weighted by Crippen LogP contribution is 2.46. The van der Waals surface area contributed by atoms with E-state index in [1.54, 1.807) is 24.3 Å². The molecule has 0 heterocycles. The molecule has 2 atom stereocenters. The SMILES string of the molecule is C=C(C)C(=O)COC(=O)c1ccc(-c2ccc(C(=O)OCC(=O)C(=C)C)c(C(=O)Nc3cccc(C(=O)NC4CC(C)(C)CC(C)(CNC(=O)c5cccc(C)c5)C4)c3)c2)cc1C(=O)NC. The molecular formula is C52H56N4O10. The van der Waals surface area contributed by atoms with Gasteiger partial charge in [0, 0.05) is 36.4 Å². The van der Waals surface area contributed by atoms with Crippen molar-refractivity contribution in [3.05, 3.63) is 148 Å². The molecular weight excluding hydrogens is 841 g/mol. The van der Waals surface area contributed by atoms with Gasteiger partial charge in [-0.2, -0.15) is 0 Å². The molecule has 1 fully saturated rings. The van der Waals surface area contributed by atoms with Crippen molar-refractivity contribution in [1.82, 2.24) is 16.0 Å². The summed E-state index contributed by atoms with van der Waals surface area (Å²) in [5.74, 6) is -4.83. The first kappa shape index (κ1) is 49.5. The Bertz CT molecular complexity index is 2650. The van der Waals surface area contributed by atoms with Crippen molar-refractivity contribution in [2.45, 2.75) is 66.8 Å². The van der Waals surface area contributed by atoms with E-state index in [2.05, 4.69) is 55.2 Å². The number of carbonyl (C=O) groups excluding carboxylic acids is 8. The van der Waals surface area contributed by atoms with Gasteiger partial charge in [-0.25, -0.2) is 9.59 Å². The molecule has 0 spiro atoms. The number of esters is 2. The first-order valence-electron chi connectivity index (χ1n) is 21.4. The Hall–Kier alpha value is -7.48. The lowest BCUT2D eigenvalue weighted by atomic mass is 9.62. The summed E-state index contributed by atoms with van der Waals surface area (Å²) in [6.45, 7) is 17.6. The van der Waals surface area contributed by atoms with E-state index in [0.29, 0.717) is 36.1 Å². The van der Waals surface area contributed by atoms with Crippen LogP contribution in [-0.4, -0.2) is 80.0 Å². The zero-order valence-electron chi connectivity index (χ0n) is 38.4. The largest absolute Gasteiger partial charge is 0.454 e. The highest BCUT2D eigenvalue weighted by atomic mass is 16.5. The minimum Gasteiger partial charge on any atom is -0.454 e. The van der Waals surface area contributed by atoms with Gasteiger partial charge in [0.25, 0.3) is 23.6 Å². The molecule has 14 heteroatoms. The summed E-state index contributed by atoms with van der Waals surface area (Å²) in [5.41, 5.74) is 2.12. The molecule has 0 aromatic heterocycles. The van der Waals surface area contributed by atoms with Crippen molar-refractivity contribution in [1.29, 1.82) is 0 Å². The molecule has 1 aliphatic carbocycles. The van der Waals surface area contributed by atoms with Crippen LogP contribution in [0.4, 0.5) is 5.69 Å². The molecule has 0 radical (unpaired) electrons. The maximum Gasteiger partial charge on any atom is 0.339 e. The van der Waals surface area contributed by atoms with E-state index >= 15 is 0 Å². The van der Waals surface area contributed by atoms with Gasteiger partial charge < -0.3 is 30.7 Å². The van der Waals surface area contributed by atoms with E-state index in [1.807, 2.05) is 25.1 Å². The van der Waals surface area contributed by atoms with Crippen LogP contribution in [0.15, 0.2) is 109 Å². The summed E-state index contributed by atoms with van der Waals surface area (Å²) >= 11 is 0. The average molecular weight is 897 g/mol. The van der Waals surface area contributed by atoms with Gasteiger partial charge in [-0.05, 0) is 128 Å². The smallest absolute Gasteiger partial charge is 0.339 e.